The van der Waals surface area contributed by atoms with Gasteiger partial charge < -0.3 is 10.1 Å². The predicted molar refractivity (Wildman–Crippen MR) is 69.9 cm³/mol. The van der Waals surface area contributed by atoms with Crippen LogP contribution >= 0.6 is 0 Å². The molecule has 1 atom stereocenters. The Morgan fingerprint density at radius 3 is 2.71 bits per heavy atom. The van der Waals surface area contributed by atoms with Crippen LogP contribution in [0.5, 0.6) is 0 Å². The monoisotopic (exact) mass is 234 g/mol. The molecule has 0 saturated carbocycles. The van der Waals surface area contributed by atoms with E-state index >= 15 is 0 Å². The van der Waals surface area contributed by atoms with Crippen LogP contribution in [0.2, 0.25) is 0 Å². The first kappa shape index (κ1) is 12.6. The van der Waals surface area contributed by atoms with Gasteiger partial charge >= 0.3 is 0 Å². The van der Waals surface area contributed by atoms with Crippen molar-refractivity contribution in [3.05, 3.63) is 35.9 Å². The molecule has 2 rings (SSSR count). The molecule has 0 spiro atoms. The predicted octanol–water partition coefficient (Wildman–Crippen LogP) is 1.80. The zero-order chi connectivity index (χ0) is 12.1. The Morgan fingerprint density at radius 1 is 1.29 bits per heavy atom. The zero-order valence-electron chi connectivity index (χ0n) is 10.8. The minimum Gasteiger partial charge on any atom is -0.355 e. The van der Waals surface area contributed by atoms with Gasteiger partial charge in [-0.05, 0) is 13.5 Å². The molecule has 1 fully saturated rings. The van der Waals surface area contributed by atoms with Gasteiger partial charge in [-0.1, -0.05) is 37.3 Å². The maximum Gasteiger partial charge on any atom is 0.160 e. The first-order valence-electron chi connectivity index (χ1n) is 6.48. The van der Waals surface area contributed by atoms with Gasteiger partial charge in [-0.15, -0.1) is 0 Å². The van der Waals surface area contributed by atoms with Crippen LogP contribution in [0, 0.1) is 0 Å². The standard InChI is InChI=1S/C14H22N2O/c1-3-16-11-10-15-12-14(16,17-4-2)13-8-6-5-7-9-13/h5-9,15H,3-4,10-12H2,1-2H3. The van der Waals surface area contributed by atoms with Crippen molar-refractivity contribution in [1.82, 2.24) is 10.2 Å². The molecule has 0 bridgehead atoms. The Morgan fingerprint density at radius 2 is 2.06 bits per heavy atom. The lowest BCUT2D eigenvalue weighted by Crippen LogP contribution is -2.60. The number of ether oxygens (including phenoxy) is 1. The molecule has 0 aliphatic carbocycles. The molecule has 0 radical (unpaired) electrons. The van der Waals surface area contributed by atoms with Crippen molar-refractivity contribution in [2.24, 2.45) is 0 Å². The summed E-state index contributed by atoms with van der Waals surface area (Å²) in [6.07, 6.45) is 0. The fourth-order valence-corrected chi connectivity index (χ4v) is 2.63. The van der Waals surface area contributed by atoms with Gasteiger partial charge in [0.1, 0.15) is 0 Å². The number of nitrogens with one attached hydrogen (secondary N) is 1. The number of nitrogens with zero attached hydrogens (tertiary/aromatic N) is 1. The number of rotatable bonds is 4. The second kappa shape index (κ2) is 5.63. The van der Waals surface area contributed by atoms with Gasteiger partial charge in [0.15, 0.2) is 5.72 Å². The van der Waals surface area contributed by atoms with Crippen molar-refractivity contribution in [3.8, 4) is 0 Å². The molecular formula is C14H22N2O. The molecule has 1 aromatic rings. The third-order valence-electron chi connectivity index (χ3n) is 3.42. The summed E-state index contributed by atoms with van der Waals surface area (Å²) in [5.74, 6) is 0. The summed E-state index contributed by atoms with van der Waals surface area (Å²) in [7, 11) is 0. The third kappa shape index (κ3) is 2.37. The summed E-state index contributed by atoms with van der Waals surface area (Å²) >= 11 is 0. The molecule has 1 aromatic carbocycles. The van der Waals surface area contributed by atoms with E-state index < -0.39 is 0 Å². The van der Waals surface area contributed by atoms with Crippen LogP contribution in [-0.2, 0) is 10.5 Å². The van der Waals surface area contributed by atoms with Gasteiger partial charge in [0.2, 0.25) is 0 Å². The molecule has 94 valence electrons. The maximum absolute atomic E-state index is 6.12. The normalized spacial score (nSPS) is 26.0. The fraction of sp³-hybridized carbons (Fsp3) is 0.571. The van der Waals surface area contributed by atoms with E-state index in [-0.39, 0.29) is 5.72 Å². The highest BCUT2D eigenvalue weighted by Crippen LogP contribution is 2.31. The molecule has 17 heavy (non-hydrogen) atoms. The molecule has 3 heteroatoms. The quantitative estimate of drug-likeness (QED) is 0.860. The minimum absolute atomic E-state index is 0.289. The molecule has 1 aliphatic rings. The molecule has 3 nitrogen and oxygen atoms in total. The SMILES string of the molecule is CCOC1(c2ccccc2)CNCCN1CC. The van der Waals surface area contributed by atoms with E-state index in [0.29, 0.717) is 0 Å². The first-order valence-corrected chi connectivity index (χ1v) is 6.48. The van der Waals surface area contributed by atoms with Crippen molar-refractivity contribution in [1.29, 1.82) is 0 Å². The van der Waals surface area contributed by atoms with E-state index in [2.05, 4.69) is 54.4 Å². The van der Waals surface area contributed by atoms with E-state index in [0.717, 1.165) is 32.8 Å². The van der Waals surface area contributed by atoms with E-state index in [4.69, 9.17) is 4.74 Å². The topological polar surface area (TPSA) is 24.5 Å². The van der Waals surface area contributed by atoms with Crippen molar-refractivity contribution >= 4 is 0 Å². The molecule has 1 saturated heterocycles. The maximum atomic E-state index is 6.12. The molecule has 1 N–H and O–H groups in total. The average Bonchev–Trinajstić information content (AvgIpc) is 2.40. The van der Waals surface area contributed by atoms with Crippen molar-refractivity contribution in [2.75, 3.05) is 32.8 Å². The number of hydrogen-bond donors (Lipinski definition) is 1. The van der Waals surface area contributed by atoms with Crippen molar-refractivity contribution in [2.45, 2.75) is 19.6 Å². The summed E-state index contributed by atoms with van der Waals surface area (Å²) in [5.41, 5.74) is 0.958. The average molecular weight is 234 g/mol. The Kier molecular flexibility index (Phi) is 4.15. The fourth-order valence-electron chi connectivity index (χ4n) is 2.63. The van der Waals surface area contributed by atoms with E-state index in [1.165, 1.54) is 5.56 Å². The number of hydrogen-bond acceptors (Lipinski definition) is 3. The van der Waals surface area contributed by atoms with Crippen LogP contribution in [0.3, 0.4) is 0 Å². The van der Waals surface area contributed by atoms with Crippen molar-refractivity contribution in [3.63, 3.8) is 0 Å². The molecule has 0 aromatic heterocycles. The Hall–Kier alpha value is -0.900. The lowest BCUT2D eigenvalue weighted by atomic mass is 9.98. The summed E-state index contributed by atoms with van der Waals surface area (Å²) in [6, 6.07) is 10.5. The lowest BCUT2D eigenvalue weighted by molar-refractivity contribution is -0.169. The number of benzene rings is 1. The Labute approximate surface area is 104 Å². The van der Waals surface area contributed by atoms with Gasteiger partial charge in [0.25, 0.3) is 0 Å². The number of likely N-dealkylation sites (N-methyl/N-ethyl adjacent to an activating group) is 1. The minimum atomic E-state index is -0.289. The first-order chi connectivity index (χ1) is 8.33. The molecule has 0 amide bonds. The van der Waals surface area contributed by atoms with Gasteiger partial charge in [0.05, 0.1) is 0 Å². The number of piperazine rings is 1. The van der Waals surface area contributed by atoms with Crippen LogP contribution in [0.1, 0.15) is 19.4 Å². The Balaban J connectivity index is 2.36. The van der Waals surface area contributed by atoms with Gasteiger partial charge in [-0.25, -0.2) is 0 Å². The Bertz CT molecular complexity index is 337. The smallest absolute Gasteiger partial charge is 0.160 e. The summed E-state index contributed by atoms with van der Waals surface area (Å²) in [5, 5.41) is 3.46. The van der Waals surface area contributed by atoms with E-state index in [1.54, 1.807) is 0 Å². The second-order valence-corrected chi connectivity index (χ2v) is 4.34. The van der Waals surface area contributed by atoms with Crippen LogP contribution in [0.25, 0.3) is 0 Å². The largest absolute Gasteiger partial charge is 0.355 e. The summed E-state index contributed by atoms with van der Waals surface area (Å²) in [6.45, 7) is 8.93. The van der Waals surface area contributed by atoms with Crippen molar-refractivity contribution < 1.29 is 4.74 Å². The zero-order valence-corrected chi connectivity index (χ0v) is 10.8. The molecular weight excluding hydrogens is 212 g/mol. The highest BCUT2D eigenvalue weighted by atomic mass is 16.5. The van der Waals surface area contributed by atoms with Crippen LogP contribution in [-0.4, -0.2) is 37.7 Å². The van der Waals surface area contributed by atoms with E-state index in [1.807, 2.05) is 0 Å². The highest BCUT2D eigenvalue weighted by molar-refractivity contribution is 5.23. The highest BCUT2D eigenvalue weighted by Gasteiger charge is 2.40. The van der Waals surface area contributed by atoms with E-state index in [9.17, 15) is 0 Å². The second-order valence-electron chi connectivity index (χ2n) is 4.34. The van der Waals surface area contributed by atoms with Gasteiger partial charge in [-0.3, -0.25) is 4.90 Å². The van der Waals surface area contributed by atoms with Crippen LogP contribution < -0.4 is 5.32 Å². The molecule has 1 heterocycles. The van der Waals surface area contributed by atoms with Crippen LogP contribution in [0.4, 0.5) is 0 Å². The summed E-state index contributed by atoms with van der Waals surface area (Å²) in [4.78, 5) is 2.42. The van der Waals surface area contributed by atoms with Gasteiger partial charge in [-0.2, -0.15) is 0 Å². The third-order valence-corrected chi connectivity index (χ3v) is 3.42. The lowest BCUT2D eigenvalue weighted by Gasteiger charge is -2.46. The summed E-state index contributed by atoms with van der Waals surface area (Å²) < 4.78 is 6.12. The van der Waals surface area contributed by atoms with Crippen LogP contribution in [0.15, 0.2) is 30.3 Å². The molecule has 1 unspecified atom stereocenters. The van der Waals surface area contributed by atoms with Gasteiger partial charge in [0, 0.05) is 31.8 Å². The molecule has 1 aliphatic heterocycles.